The van der Waals surface area contributed by atoms with Crippen LogP contribution >= 0.6 is 0 Å². The van der Waals surface area contributed by atoms with Crippen molar-refractivity contribution < 1.29 is 14.7 Å². The van der Waals surface area contributed by atoms with Crippen LogP contribution in [0.5, 0.6) is 0 Å². The summed E-state index contributed by atoms with van der Waals surface area (Å²) in [5.74, 6) is -1.60. The highest BCUT2D eigenvalue weighted by molar-refractivity contribution is 5.95. The van der Waals surface area contributed by atoms with Crippen molar-refractivity contribution in [3.05, 3.63) is 23.0 Å². The first-order valence-corrected chi connectivity index (χ1v) is 6.83. The molecule has 1 aromatic rings. The highest BCUT2D eigenvalue weighted by atomic mass is 16.4. The Kier molecular flexibility index (Phi) is 4.32. The van der Waals surface area contributed by atoms with Crippen LogP contribution in [0.3, 0.4) is 0 Å². The van der Waals surface area contributed by atoms with Crippen molar-refractivity contribution >= 4 is 11.9 Å². The monoisotopic (exact) mass is 277 g/mol. The standard InChI is InChI=1S/C14H19N3O3/c1-8-7-11(9(2)17-16-8)13(18)15-12-6-4-3-5-10(12)14(19)20/h7,10,12H,3-6H2,1-2H3,(H,15,18)(H,19,20). The van der Waals surface area contributed by atoms with Gasteiger partial charge in [0.05, 0.1) is 22.9 Å². The summed E-state index contributed by atoms with van der Waals surface area (Å²) in [4.78, 5) is 23.5. The zero-order valence-electron chi connectivity index (χ0n) is 11.7. The first kappa shape index (κ1) is 14.4. The second-order valence-electron chi connectivity index (χ2n) is 5.29. The minimum Gasteiger partial charge on any atom is -0.481 e. The highest BCUT2D eigenvalue weighted by Gasteiger charge is 2.32. The van der Waals surface area contributed by atoms with E-state index in [9.17, 15) is 14.7 Å². The van der Waals surface area contributed by atoms with E-state index in [-0.39, 0.29) is 11.9 Å². The van der Waals surface area contributed by atoms with E-state index in [1.807, 2.05) is 0 Å². The van der Waals surface area contributed by atoms with E-state index in [1.54, 1.807) is 19.9 Å². The van der Waals surface area contributed by atoms with Gasteiger partial charge in [0.25, 0.3) is 5.91 Å². The molecule has 0 radical (unpaired) electrons. The van der Waals surface area contributed by atoms with Gasteiger partial charge < -0.3 is 10.4 Å². The number of carboxylic acid groups (broad SMARTS) is 1. The maximum absolute atomic E-state index is 12.3. The van der Waals surface area contributed by atoms with Gasteiger partial charge in [-0.25, -0.2) is 0 Å². The minimum atomic E-state index is -0.837. The lowest BCUT2D eigenvalue weighted by atomic mass is 9.84. The number of nitrogens with zero attached hydrogens (tertiary/aromatic N) is 2. The first-order valence-electron chi connectivity index (χ1n) is 6.83. The zero-order chi connectivity index (χ0) is 14.7. The lowest BCUT2D eigenvalue weighted by Gasteiger charge is -2.29. The smallest absolute Gasteiger partial charge is 0.308 e. The van der Waals surface area contributed by atoms with Crippen LogP contribution in [-0.2, 0) is 4.79 Å². The van der Waals surface area contributed by atoms with Crippen LogP contribution < -0.4 is 5.32 Å². The zero-order valence-corrected chi connectivity index (χ0v) is 11.7. The van der Waals surface area contributed by atoms with Crippen molar-refractivity contribution in [2.24, 2.45) is 5.92 Å². The molecule has 0 spiro atoms. The van der Waals surface area contributed by atoms with Crippen molar-refractivity contribution in [2.45, 2.75) is 45.6 Å². The van der Waals surface area contributed by atoms with Gasteiger partial charge in [0.1, 0.15) is 0 Å². The Balaban J connectivity index is 2.13. The van der Waals surface area contributed by atoms with Gasteiger partial charge in [0, 0.05) is 6.04 Å². The fraction of sp³-hybridized carbons (Fsp3) is 0.571. The normalized spacial score (nSPS) is 22.3. The molecule has 0 aromatic carbocycles. The molecule has 1 amide bonds. The summed E-state index contributed by atoms with van der Waals surface area (Å²) in [5, 5.41) is 19.9. The van der Waals surface area contributed by atoms with E-state index < -0.39 is 11.9 Å². The van der Waals surface area contributed by atoms with E-state index in [4.69, 9.17) is 0 Å². The molecule has 0 saturated heterocycles. The molecule has 20 heavy (non-hydrogen) atoms. The largest absolute Gasteiger partial charge is 0.481 e. The van der Waals surface area contributed by atoms with Crippen LogP contribution in [0.4, 0.5) is 0 Å². The van der Waals surface area contributed by atoms with Crippen LogP contribution in [0, 0.1) is 19.8 Å². The highest BCUT2D eigenvalue weighted by Crippen LogP contribution is 2.25. The van der Waals surface area contributed by atoms with Crippen molar-refractivity contribution in [1.29, 1.82) is 0 Å². The van der Waals surface area contributed by atoms with Gasteiger partial charge in [-0.2, -0.15) is 10.2 Å². The molecule has 1 aromatic heterocycles. The number of hydrogen-bond donors (Lipinski definition) is 2. The fourth-order valence-corrected chi connectivity index (χ4v) is 2.63. The Labute approximate surface area is 117 Å². The van der Waals surface area contributed by atoms with Gasteiger partial charge in [-0.15, -0.1) is 0 Å². The van der Waals surface area contributed by atoms with Crippen molar-refractivity contribution in [3.8, 4) is 0 Å². The predicted octanol–water partition coefficient (Wildman–Crippen LogP) is 1.47. The third-order valence-corrected chi connectivity index (χ3v) is 3.75. The Morgan fingerprint density at radius 3 is 2.65 bits per heavy atom. The maximum Gasteiger partial charge on any atom is 0.308 e. The quantitative estimate of drug-likeness (QED) is 0.872. The third kappa shape index (κ3) is 3.12. The number of aliphatic carboxylic acids is 1. The van der Waals surface area contributed by atoms with Crippen molar-refractivity contribution in [3.63, 3.8) is 0 Å². The number of rotatable bonds is 3. The summed E-state index contributed by atoms with van der Waals surface area (Å²) in [6, 6.07) is 1.37. The number of nitrogens with one attached hydrogen (secondary N) is 1. The molecule has 6 nitrogen and oxygen atoms in total. The molecular formula is C14H19N3O3. The summed E-state index contributed by atoms with van der Waals surface area (Å²) in [6.07, 6.45) is 3.17. The molecule has 0 aliphatic heterocycles. The lowest BCUT2D eigenvalue weighted by Crippen LogP contribution is -2.45. The molecule has 108 valence electrons. The molecule has 2 atom stereocenters. The summed E-state index contributed by atoms with van der Waals surface area (Å²) in [6.45, 7) is 3.49. The third-order valence-electron chi connectivity index (χ3n) is 3.75. The summed E-state index contributed by atoms with van der Waals surface area (Å²) < 4.78 is 0. The van der Waals surface area contributed by atoms with Gasteiger partial charge in [0.15, 0.2) is 0 Å². The number of hydrogen-bond acceptors (Lipinski definition) is 4. The molecule has 2 unspecified atom stereocenters. The SMILES string of the molecule is Cc1cc(C(=O)NC2CCCCC2C(=O)O)c(C)nn1. The van der Waals surface area contributed by atoms with E-state index >= 15 is 0 Å². The molecule has 1 aliphatic carbocycles. The Morgan fingerprint density at radius 1 is 1.25 bits per heavy atom. The van der Waals surface area contributed by atoms with Crippen LogP contribution in [-0.4, -0.2) is 33.2 Å². The topological polar surface area (TPSA) is 92.2 Å². The minimum absolute atomic E-state index is 0.265. The maximum atomic E-state index is 12.3. The van der Waals surface area contributed by atoms with E-state index in [1.165, 1.54) is 0 Å². The number of carboxylic acids is 1. The lowest BCUT2D eigenvalue weighted by molar-refractivity contribution is -0.143. The number of amides is 1. The van der Waals surface area contributed by atoms with Crippen LogP contribution in [0.1, 0.15) is 47.4 Å². The van der Waals surface area contributed by atoms with Gasteiger partial charge in [-0.05, 0) is 32.8 Å². The van der Waals surface area contributed by atoms with Crippen LogP contribution in [0.25, 0.3) is 0 Å². The Bertz CT molecular complexity index is 530. The second-order valence-corrected chi connectivity index (χ2v) is 5.29. The number of aromatic nitrogens is 2. The van der Waals surface area contributed by atoms with E-state index in [2.05, 4.69) is 15.5 Å². The van der Waals surface area contributed by atoms with Gasteiger partial charge in [-0.1, -0.05) is 12.8 Å². The van der Waals surface area contributed by atoms with E-state index in [0.29, 0.717) is 29.8 Å². The molecule has 2 rings (SSSR count). The first-order chi connectivity index (χ1) is 9.49. The summed E-state index contributed by atoms with van der Waals surface area (Å²) in [5.41, 5.74) is 1.68. The van der Waals surface area contributed by atoms with E-state index in [0.717, 1.165) is 12.8 Å². The van der Waals surface area contributed by atoms with Crippen molar-refractivity contribution in [2.75, 3.05) is 0 Å². The van der Waals surface area contributed by atoms with Crippen LogP contribution in [0.2, 0.25) is 0 Å². The summed E-state index contributed by atoms with van der Waals surface area (Å²) in [7, 11) is 0. The van der Waals surface area contributed by atoms with Gasteiger partial charge >= 0.3 is 5.97 Å². The molecule has 2 N–H and O–H groups in total. The van der Waals surface area contributed by atoms with Gasteiger partial charge in [0.2, 0.25) is 0 Å². The Hall–Kier alpha value is -1.98. The molecule has 1 saturated carbocycles. The number of carbonyl (C=O) groups is 2. The second kappa shape index (κ2) is 5.98. The molecule has 1 heterocycles. The molecule has 0 bridgehead atoms. The predicted molar refractivity (Wildman–Crippen MR) is 72.4 cm³/mol. The van der Waals surface area contributed by atoms with Crippen LogP contribution in [0.15, 0.2) is 6.07 Å². The average molecular weight is 277 g/mol. The molecule has 1 aliphatic rings. The molecule has 1 fully saturated rings. The average Bonchev–Trinajstić information content (AvgIpc) is 2.41. The number of carbonyl (C=O) groups excluding carboxylic acids is 1. The summed E-state index contributed by atoms with van der Waals surface area (Å²) >= 11 is 0. The van der Waals surface area contributed by atoms with Gasteiger partial charge in [-0.3, -0.25) is 9.59 Å². The Morgan fingerprint density at radius 2 is 1.95 bits per heavy atom. The fourth-order valence-electron chi connectivity index (χ4n) is 2.63. The number of aryl methyl sites for hydroxylation is 2. The molecule has 6 heteroatoms. The van der Waals surface area contributed by atoms with Crippen molar-refractivity contribution in [1.82, 2.24) is 15.5 Å². The molecular weight excluding hydrogens is 258 g/mol.